The number of esters is 1. The Kier molecular flexibility index (Phi) is 6.92. The maximum absolute atomic E-state index is 12.0. The van der Waals surface area contributed by atoms with Crippen molar-refractivity contribution in [1.29, 1.82) is 0 Å². The van der Waals surface area contributed by atoms with E-state index in [0.717, 1.165) is 17.7 Å². The fourth-order valence-electron chi connectivity index (χ4n) is 1.88. The summed E-state index contributed by atoms with van der Waals surface area (Å²) < 4.78 is 34.0. The van der Waals surface area contributed by atoms with Gasteiger partial charge >= 0.3 is 12.1 Å². The molecule has 138 valence electrons. The number of aryl methyl sites for hydroxylation is 1. The molecule has 0 heterocycles. The molecule has 10 heteroatoms. The van der Waals surface area contributed by atoms with Crippen LogP contribution in [0.5, 0.6) is 0 Å². The van der Waals surface area contributed by atoms with E-state index >= 15 is 0 Å². The first-order valence-electron chi connectivity index (χ1n) is 7.18. The van der Waals surface area contributed by atoms with Crippen LogP contribution < -0.4 is 9.62 Å². The van der Waals surface area contributed by atoms with Gasteiger partial charge < -0.3 is 9.47 Å². The van der Waals surface area contributed by atoms with Crippen molar-refractivity contribution in [2.24, 2.45) is 0 Å². The minimum Gasteiger partial charge on any atom is -0.453 e. The number of sulfonamides is 1. The number of nitrogens with one attached hydrogen (secondary N) is 1. The highest BCUT2D eigenvalue weighted by Gasteiger charge is 2.26. The highest BCUT2D eigenvalue weighted by Crippen LogP contribution is 2.21. The fourth-order valence-corrected chi connectivity index (χ4v) is 2.78. The van der Waals surface area contributed by atoms with Crippen LogP contribution in [0.4, 0.5) is 10.5 Å². The summed E-state index contributed by atoms with van der Waals surface area (Å²) in [6.45, 7) is 2.33. The molecule has 0 fully saturated rings. The lowest BCUT2D eigenvalue weighted by Crippen LogP contribution is -2.42. The second-order valence-corrected chi connectivity index (χ2v) is 7.08. The molecular formula is C15H20N2O7S. The average molecular weight is 372 g/mol. The van der Waals surface area contributed by atoms with Crippen LogP contribution >= 0.6 is 0 Å². The summed E-state index contributed by atoms with van der Waals surface area (Å²) in [6.07, 6.45) is -1.34. The number of amides is 2. The number of carbonyl (C=O) groups excluding carboxylic acids is 3. The Labute approximate surface area is 145 Å². The van der Waals surface area contributed by atoms with Crippen molar-refractivity contribution in [3.63, 3.8) is 0 Å². The van der Waals surface area contributed by atoms with Gasteiger partial charge in [0.05, 0.1) is 19.1 Å². The van der Waals surface area contributed by atoms with Gasteiger partial charge in [-0.25, -0.2) is 13.2 Å². The monoisotopic (exact) mass is 372 g/mol. The SMILES string of the molecule is COC(=O)NC(=O)[C@@H](C)OC(=O)CN(c1ccccc1C)S(C)(=O)=O. The third-order valence-corrected chi connectivity index (χ3v) is 4.27. The van der Waals surface area contributed by atoms with Gasteiger partial charge in [-0.05, 0) is 25.5 Å². The van der Waals surface area contributed by atoms with Crippen molar-refractivity contribution < 1.29 is 32.3 Å². The number of methoxy groups -OCH3 is 1. The van der Waals surface area contributed by atoms with Crippen molar-refractivity contribution in [2.75, 3.05) is 24.2 Å². The van der Waals surface area contributed by atoms with Crippen molar-refractivity contribution in [2.45, 2.75) is 20.0 Å². The normalized spacial score (nSPS) is 12.0. The minimum absolute atomic E-state index is 0.327. The van der Waals surface area contributed by atoms with E-state index < -0.39 is 40.6 Å². The van der Waals surface area contributed by atoms with Crippen LogP contribution in [-0.2, 0) is 29.1 Å². The van der Waals surface area contributed by atoms with Gasteiger partial charge in [0.25, 0.3) is 5.91 Å². The number of nitrogens with zero attached hydrogens (tertiary/aromatic N) is 1. The van der Waals surface area contributed by atoms with Gasteiger partial charge in [-0.15, -0.1) is 0 Å². The predicted octanol–water partition coefficient (Wildman–Crippen LogP) is 0.575. The number of benzene rings is 1. The Bertz CT molecular complexity index is 761. The molecule has 25 heavy (non-hydrogen) atoms. The number of rotatable bonds is 6. The molecule has 1 atom stereocenters. The highest BCUT2D eigenvalue weighted by atomic mass is 32.2. The Morgan fingerprint density at radius 2 is 1.84 bits per heavy atom. The summed E-state index contributed by atoms with van der Waals surface area (Å²) in [5.74, 6) is -1.83. The van der Waals surface area contributed by atoms with Crippen LogP contribution in [0.25, 0.3) is 0 Å². The van der Waals surface area contributed by atoms with E-state index in [0.29, 0.717) is 11.3 Å². The Morgan fingerprint density at radius 1 is 1.24 bits per heavy atom. The molecule has 0 bridgehead atoms. The van der Waals surface area contributed by atoms with Crippen LogP contribution in [-0.4, -0.2) is 52.4 Å². The van der Waals surface area contributed by atoms with Crippen LogP contribution in [0.2, 0.25) is 0 Å². The third-order valence-electron chi connectivity index (χ3n) is 3.15. The number of ether oxygens (including phenoxy) is 2. The fraction of sp³-hybridized carbons (Fsp3) is 0.400. The molecule has 1 rings (SSSR count). The smallest absolute Gasteiger partial charge is 0.413 e. The number of hydrogen-bond acceptors (Lipinski definition) is 7. The maximum Gasteiger partial charge on any atom is 0.413 e. The lowest BCUT2D eigenvalue weighted by molar-refractivity contribution is -0.153. The van der Waals surface area contributed by atoms with Crippen LogP contribution in [0.1, 0.15) is 12.5 Å². The van der Waals surface area contributed by atoms with Crippen LogP contribution in [0.15, 0.2) is 24.3 Å². The largest absolute Gasteiger partial charge is 0.453 e. The predicted molar refractivity (Wildman–Crippen MR) is 89.5 cm³/mol. The van der Waals surface area contributed by atoms with Crippen molar-refractivity contribution in [3.8, 4) is 0 Å². The lowest BCUT2D eigenvalue weighted by Gasteiger charge is -2.23. The van der Waals surface area contributed by atoms with Gasteiger partial charge in [-0.2, -0.15) is 0 Å². The molecule has 0 aliphatic rings. The van der Waals surface area contributed by atoms with Gasteiger partial charge in [-0.1, -0.05) is 18.2 Å². The van der Waals surface area contributed by atoms with Crippen LogP contribution in [0, 0.1) is 6.92 Å². The summed E-state index contributed by atoms with van der Waals surface area (Å²) in [7, 11) is -2.68. The molecule has 0 unspecified atom stereocenters. The summed E-state index contributed by atoms with van der Waals surface area (Å²) >= 11 is 0. The standard InChI is InChI=1S/C15H20N2O7S/c1-10-7-5-6-8-12(10)17(25(4,21)22)9-13(18)24-11(2)14(19)16-15(20)23-3/h5-8,11H,9H2,1-4H3,(H,16,19,20)/t11-/m1/s1. The molecule has 2 amide bonds. The average Bonchev–Trinajstić information content (AvgIpc) is 2.52. The van der Waals surface area contributed by atoms with Crippen molar-refractivity contribution >= 4 is 33.7 Å². The number of carbonyl (C=O) groups is 3. The minimum atomic E-state index is -3.76. The van der Waals surface area contributed by atoms with E-state index in [1.54, 1.807) is 31.2 Å². The molecule has 0 radical (unpaired) electrons. The van der Waals surface area contributed by atoms with E-state index in [1.165, 1.54) is 6.92 Å². The topological polar surface area (TPSA) is 119 Å². The molecule has 0 aliphatic carbocycles. The Hall–Kier alpha value is -2.62. The van der Waals surface area contributed by atoms with E-state index in [1.807, 2.05) is 5.32 Å². The first kappa shape index (κ1) is 20.4. The zero-order chi connectivity index (χ0) is 19.2. The van der Waals surface area contributed by atoms with Gasteiger partial charge in [0.2, 0.25) is 10.0 Å². The van der Waals surface area contributed by atoms with Crippen molar-refractivity contribution in [3.05, 3.63) is 29.8 Å². The number of alkyl carbamates (subject to hydrolysis) is 1. The summed E-state index contributed by atoms with van der Waals surface area (Å²) in [4.78, 5) is 34.6. The summed E-state index contributed by atoms with van der Waals surface area (Å²) in [5.41, 5.74) is 0.978. The number of para-hydroxylation sites is 1. The molecule has 9 nitrogen and oxygen atoms in total. The molecule has 0 aromatic heterocycles. The van der Waals surface area contributed by atoms with Gasteiger partial charge in [0.15, 0.2) is 6.10 Å². The zero-order valence-electron chi connectivity index (χ0n) is 14.3. The van der Waals surface area contributed by atoms with E-state index in [2.05, 4.69) is 4.74 Å². The first-order chi connectivity index (χ1) is 11.6. The van der Waals surface area contributed by atoms with Gasteiger partial charge in [0, 0.05) is 0 Å². The zero-order valence-corrected chi connectivity index (χ0v) is 15.1. The first-order valence-corrected chi connectivity index (χ1v) is 9.02. The summed E-state index contributed by atoms with van der Waals surface area (Å²) in [6, 6.07) is 6.62. The molecule has 1 aromatic carbocycles. The van der Waals surface area contributed by atoms with E-state index in [9.17, 15) is 22.8 Å². The Morgan fingerprint density at radius 3 is 2.36 bits per heavy atom. The Balaban J connectivity index is 2.86. The second kappa shape index (κ2) is 8.47. The lowest BCUT2D eigenvalue weighted by atomic mass is 10.2. The number of anilines is 1. The molecule has 0 aliphatic heterocycles. The van der Waals surface area contributed by atoms with E-state index in [4.69, 9.17) is 4.74 Å². The van der Waals surface area contributed by atoms with E-state index in [-0.39, 0.29) is 0 Å². The molecule has 1 aromatic rings. The number of imide groups is 1. The molecule has 1 N–H and O–H groups in total. The molecule has 0 saturated heterocycles. The van der Waals surface area contributed by atoms with Crippen LogP contribution in [0.3, 0.4) is 0 Å². The summed E-state index contributed by atoms with van der Waals surface area (Å²) in [5, 5.41) is 1.85. The quantitative estimate of drug-likeness (QED) is 0.725. The van der Waals surface area contributed by atoms with Crippen molar-refractivity contribution in [1.82, 2.24) is 5.32 Å². The van der Waals surface area contributed by atoms with Gasteiger partial charge in [-0.3, -0.25) is 19.2 Å². The molecule has 0 saturated carbocycles. The highest BCUT2D eigenvalue weighted by molar-refractivity contribution is 7.92. The van der Waals surface area contributed by atoms with Gasteiger partial charge in [0.1, 0.15) is 6.54 Å². The third kappa shape index (κ3) is 6.07. The molecule has 0 spiro atoms. The second-order valence-electron chi connectivity index (χ2n) is 5.17. The maximum atomic E-state index is 12.0. The number of hydrogen-bond donors (Lipinski definition) is 1. The molecular weight excluding hydrogens is 352 g/mol.